The number of hydrogen-bond acceptors (Lipinski definition) is 4. The Bertz CT molecular complexity index is 496. The number of nitrogens with one attached hydrogen (secondary N) is 1. The standard InChI is InChI=1S/C12H12ClNO2S2/c13-11-4-3-10(18-11)7-17-8-12(15)14-6-9-2-1-5-16-9/h1-5H,6-8H2,(H,14,15). The van der Waals surface area contributed by atoms with E-state index < -0.39 is 0 Å². The van der Waals surface area contributed by atoms with Crippen LogP contribution >= 0.6 is 34.7 Å². The second-order valence-corrected chi connectivity index (χ2v) is 6.34. The highest BCUT2D eigenvalue weighted by molar-refractivity contribution is 7.99. The van der Waals surface area contributed by atoms with Crippen LogP contribution in [0, 0.1) is 0 Å². The van der Waals surface area contributed by atoms with Crippen molar-refractivity contribution in [3.63, 3.8) is 0 Å². The molecule has 0 saturated heterocycles. The van der Waals surface area contributed by atoms with E-state index in [1.54, 1.807) is 35.4 Å². The molecule has 0 bridgehead atoms. The van der Waals surface area contributed by atoms with Crippen LogP contribution in [0.5, 0.6) is 0 Å². The number of thioether (sulfide) groups is 1. The minimum absolute atomic E-state index is 0.0130. The number of thiophene rings is 1. The van der Waals surface area contributed by atoms with Crippen molar-refractivity contribution < 1.29 is 9.21 Å². The summed E-state index contributed by atoms with van der Waals surface area (Å²) in [7, 11) is 0. The highest BCUT2D eigenvalue weighted by atomic mass is 35.5. The molecule has 0 saturated carbocycles. The summed E-state index contributed by atoms with van der Waals surface area (Å²) in [5, 5.41) is 2.80. The molecule has 2 aromatic heterocycles. The van der Waals surface area contributed by atoms with Crippen LogP contribution in [0.3, 0.4) is 0 Å². The van der Waals surface area contributed by atoms with Crippen molar-refractivity contribution in [1.82, 2.24) is 5.32 Å². The summed E-state index contributed by atoms with van der Waals surface area (Å²) in [4.78, 5) is 12.7. The third-order valence-electron chi connectivity index (χ3n) is 2.15. The van der Waals surface area contributed by atoms with Crippen LogP contribution in [-0.2, 0) is 17.1 Å². The van der Waals surface area contributed by atoms with Gasteiger partial charge in [0, 0.05) is 10.6 Å². The van der Waals surface area contributed by atoms with Gasteiger partial charge in [-0.3, -0.25) is 4.79 Å². The van der Waals surface area contributed by atoms with Crippen LogP contribution in [0.2, 0.25) is 4.34 Å². The molecule has 0 atom stereocenters. The quantitative estimate of drug-likeness (QED) is 0.887. The van der Waals surface area contributed by atoms with Crippen molar-refractivity contribution >= 4 is 40.6 Å². The first kappa shape index (κ1) is 13.5. The van der Waals surface area contributed by atoms with Gasteiger partial charge in [-0.2, -0.15) is 0 Å². The van der Waals surface area contributed by atoms with Gasteiger partial charge in [0.25, 0.3) is 0 Å². The molecule has 0 aliphatic rings. The van der Waals surface area contributed by atoms with Crippen LogP contribution in [0.4, 0.5) is 0 Å². The monoisotopic (exact) mass is 301 g/mol. The maximum atomic E-state index is 11.5. The highest BCUT2D eigenvalue weighted by Crippen LogP contribution is 2.24. The number of furan rings is 1. The first-order valence-corrected chi connectivity index (χ1v) is 7.70. The van der Waals surface area contributed by atoms with Crippen LogP contribution in [0.1, 0.15) is 10.6 Å². The molecule has 18 heavy (non-hydrogen) atoms. The molecule has 2 heterocycles. The Kier molecular flexibility index (Phi) is 5.16. The van der Waals surface area contributed by atoms with Crippen molar-refractivity contribution in [2.45, 2.75) is 12.3 Å². The molecule has 96 valence electrons. The fourth-order valence-electron chi connectivity index (χ4n) is 1.32. The minimum atomic E-state index is 0.0130. The molecule has 6 heteroatoms. The van der Waals surface area contributed by atoms with Crippen molar-refractivity contribution in [3.8, 4) is 0 Å². The maximum Gasteiger partial charge on any atom is 0.230 e. The van der Waals surface area contributed by atoms with E-state index in [-0.39, 0.29) is 5.91 Å². The zero-order valence-electron chi connectivity index (χ0n) is 9.52. The minimum Gasteiger partial charge on any atom is -0.467 e. The highest BCUT2D eigenvalue weighted by Gasteiger charge is 2.04. The molecule has 0 aromatic carbocycles. The Morgan fingerprint density at radius 3 is 3.00 bits per heavy atom. The average Bonchev–Trinajstić information content (AvgIpc) is 2.98. The zero-order chi connectivity index (χ0) is 12.8. The van der Waals surface area contributed by atoms with E-state index in [4.69, 9.17) is 16.0 Å². The molecule has 2 rings (SSSR count). The van der Waals surface area contributed by atoms with Crippen molar-refractivity contribution in [3.05, 3.63) is 45.5 Å². The Hall–Kier alpha value is -0.910. The Labute approximate surface area is 119 Å². The van der Waals surface area contributed by atoms with E-state index in [1.807, 2.05) is 18.2 Å². The molecular formula is C12H12ClNO2S2. The number of halogens is 1. The van der Waals surface area contributed by atoms with E-state index >= 15 is 0 Å². The van der Waals surface area contributed by atoms with Gasteiger partial charge in [-0.15, -0.1) is 23.1 Å². The van der Waals surface area contributed by atoms with Gasteiger partial charge in [0.05, 0.1) is 22.9 Å². The lowest BCUT2D eigenvalue weighted by atomic mass is 10.4. The van der Waals surface area contributed by atoms with Crippen molar-refractivity contribution in [2.75, 3.05) is 5.75 Å². The topological polar surface area (TPSA) is 42.2 Å². The van der Waals surface area contributed by atoms with Gasteiger partial charge in [0.2, 0.25) is 5.91 Å². The van der Waals surface area contributed by atoms with Gasteiger partial charge in [0.15, 0.2) is 0 Å². The van der Waals surface area contributed by atoms with Gasteiger partial charge >= 0.3 is 0 Å². The van der Waals surface area contributed by atoms with Crippen LogP contribution in [-0.4, -0.2) is 11.7 Å². The normalized spacial score (nSPS) is 10.5. The molecule has 0 unspecified atom stereocenters. The zero-order valence-corrected chi connectivity index (χ0v) is 11.9. The first-order chi connectivity index (χ1) is 8.74. The average molecular weight is 302 g/mol. The third kappa shape index (κ3) is 4.40. The Balaban J connectivity index is 1.63. The summed E-state index contributed by atoms with van der Waals surface area (Å²) in [5.74, 6) is 2.03. The molecule has 0 spiro atoms. The Morgan fingerprint density at radius 2 is 2.33 bits per heavy atom. The summed E-state index contributed by atoms with van der Waals surface area (Å²) >= 11 is 8.95. The van der Waals surface area contributed by atoms with Gasteiger partial charge in [-0.1, -0.05) is 11.6 Å². The predicted octanol–water partition coefficient (Wildman–Crippen LogP) is 3.54. The number of rotatable bonds is 6. The smallest absolute Gasteiger partial charge is 0.230 e. The Morgan fingerprint density at radius 1 is 1.44 bits per heavy atom. The van der Waals surface area contributed by atoms with Crippen LogP contribution < -0.4 is 5.32 Å². The second-order valence-electron chi connectivity index (χ2n) is 3.55. The van der Waals surface area contributed by atoms with Gasteiger partial charge in [-0.05, 0) is 24.3 Å². The molecule has 0 fully saturated rings. The molecular weight excluding hydrogens is 290 g/mol. The molecule has 0 aliphatic heterocycles. The van der Waals surface area contributed by atoms with Crippen molar-refractivity contribution in [1.29, 1.82) is 0 Å². The van der Waals surface area contributed by atoms with E-state index in [9.17, 15) is 4.79 Å². The molecule has 0 aliphatic carbocycles. The van der Waals surface area contributed by atoms with Crippen molar-refractivity contribution in [2.24, 2.45) is 0 Å². The SMILES string of the molecule is O=C(CSCc1ccc(Cl)s1)NCc1ccco1. The van der Waals surface area contributed by atoms with E-state index in [0.29, 0.717) is 12.3 Å². The summed E-state index contributed by atoms with van der Waals surface area (Å²) in [6.45, 7) is 0.442. The van der Waals surface area contributed by atoms with Gasteiger partial charge in [0.1, 0.15) is 5.76 Å². The summed E-state index contributed by atoms with van der Waals surface area (Å²) in [6, 6.07) is 7.50. The lowest BCUT2D eigenvalue weighted by Crippen LogP contribution is -2.24. The third-order valence-corrected chi connectivity index (χ3v) is 4.54. The summed E-state index contributed by atoms with van der Waals surface area (Å²) in [5.41, 5.74) is 0. The number of carbonyl (C=O) groups excluding carboxylic acids is 1. The number of amides is 1. The first-order valence-electron chi connectivity index (χ1n) is 5.35. The molecule has 0 radical (unpaired) electrons. The lowest BCUT2D eigenvalue weighted by Gasteiger charge is -2.02. The maximum absolute atomic E-state index is 11.5. The molecule has 2 aromatic rings. The number of hydrogen-bond donors (Lipinski definition) is 1. The predicted molar refractivity (Wildman–Crippen MR) is 76.0 cm³/mol. The van der Waals surface area contributed by atoms with E-state index in [2.05, 4.69) is 5.32 Å². The van der Waals surface area contributed by atoms with Gasteiger partial charge in [-0.25, -0.2) is 0 Å². The van der Waals surface area contributed by atoms with E-state index in [1.165, 1.54) is 4.88 Å². The fraction of sp³-hybridized carbons (Fsp3) is 0.250. The second kappa shape index (κ2) is 6.87. The van der Waals surface area contributed by atoms with E-state index in [0.717, 1.165) is 15.8 Å². The van der Waals surface area contributed by atoms with Crippen LogP contribution in [0.15, 0.2) is 34.9 Å². The lowest BCUT2D eigenvalue weighted by molar-refractivity contribution is -0.118. The molecule has 3 nitrogen and oxygen atoms in total. The largest absolute Gasteiger partial charge is 0.467 e. The number of carbonyl (C=O) groups is 1. The van der Waals surface area contributed by atoms with Gasteiger partial charge < -0.3 is 9.73 Å². The van der Waals surface area contributed by atoms with Crippen LogP contribution in [0.25, 0.3) is 0 Å². The summed E-state index contributed by atoms with van der Waals surface area (Å²) < 4.78 is 5.91. The fourth-order valence-corrected chi connectivity index (χ4v) is 3.38. The summed E-state index contributed by atoms with van der Waals surface area (Å²) in [6.07, 6.45) is 1.59. The molecule has 1 N–H and O–H groups in total. The molecule has 1 amide bonds.